The third-order valence-electron chi connectivity index (χ3n) is 3.28. The Morgan fingerprint density at radius 3 is 1.42 bits per heavy atom. The number of quaternary nitrogens is 1. The van der Waals surface area contributed by atoms with Gasteiger partial charge >= 0.3 is 0 Å². The van der Waals surface area contributed by atoms with E-state index in [1.807, 2.05) is 0 Å². The van der Waals surface area contributed by atoms with Crippen molar-refractivity contribution in [3.8, 4) is 0 Å². The van der Waals surface area contributed by atoms with Crippen LogP contribution in [0.2, 0.25) is 0 Å². The van der Waals surface area contributed by atoms with Gasteiger partial charge in [-0.1, -0.05) is 51.4 Å². The van der Waals surface area contributed by atoms with Crippen molar-refractivity contribution in [1.29, 1.82) is 0 Å². The zero-order chi connectivity index (χ0) is 13.5. The molecule has 0 unspecified atom stereocenters. The number of aliphatic hydroxyl groups is 2. The minimum Gasteiger partial charge on any atom is -0.636 e. The summed E-state index contributed by atoms with van der Waals surface area (Å²) in [5.41, 5.74) is 1.01. The molecule has 0 saturated carbocycles. The maximum absolute atomic E-state index is 10.1. The summed E-state index contributed by atoms with van der Waals surface area (Å²) in [6.07, 6.45) is 12.7. The molecule has 0 aliphatic rings. The Labute approximate surface area is 117 Å². The summed E-state index contributed by atoms with van der Waals surface area (Å²) in [7, 11) is 0. The van der Waals surface area contributed by atoms with Crippen molar-refractivity contribution in [1.82, 2.24) is 0 Å². The summed E-state index contributed by atoms with van der Waals surface area (Å²) < 4.78 is 0. The van der Waals surface area contributed by atoms with Crippen LogP contribution in [-0.4, -0.2) is 28.5 Å². The van der Waals surface area contributed by atoms with Crippen molar-refractivity contribution in [3.05, 3.63) is 5.21 Å². The number of hydroxylamine groups is 1. The van der Waals surface area contributed by atoms with Gasteiger partial charge < -0.3 is 26.4 Å². The average Bonchev–Trinajstić information content (AvgIpc) is 2.34. The predicted octanol–water partition coefficient (Wildman–Crippen LogP) is 1.21. The maximum atomic E-state index is 10.1. The first-order chi connectivity index (χ1) is 8.77. The van der Waals surface area contributed by atoms with Crippen LogP contribution in [0.5, 0.6) is 0 Å². The molecule has 0 bridgehead atoms. The van der Waals surface area contributed by atoms with Gasteiger partial charge in [-0.3, -0.25) is 0 Å². The van der Waals surface area contributed by atoms with Gasteiger partial charge in [0, 0.05) is 0 Å². The molecule has 0 fully saturated rings. The molecule has 19 heavy (non-hydrogen) atoms. The van der Waals surface area contributed by atoms with Gasteiger partial charge in [0.1, 0.15) is 0 Å². The molecule has 0 aromatic heterocycles. The van der Waals surface area contributed by atoms with E-state index in [-0.39, 0.29) is 5.48 Å². The lowest BCUT2D eigenvalue weighted by Gasteiger charge is -2.04. The standard InChI is InChI=1S/C14H31NO3.H2O/c16-14(17)12-10-8-6-4-2-1-3-5-7-9-11-13-15-18;/h14,16-17H,1-13,15H2;1H2. The number of rotatable bonds is 14. The van der Waals surface area contributed by atoms with Gasteiger partial charge in [-0.15, -0.1) is 0 Å². The fourth-order valence-corrected chi connectivity index (χ4v) is 2.15. The molecular formula is C14H33NO4. The highest BCUT2D eigenvalue weighted by Crippen LogP contribution is 2.12. The fraction of sp³-hybridized carbons (Fsp3) is 1.00. The van der Waals surface area contributed by atoms with E-state index in [1.54, 1.807) is 0 Å². The summed E-state index contributed by atoms with van der Waals surface area (Å²) in [4.78, 5) is 0. The van der Waals surface area contributed by atoms with E-state index in [2.05, 4.69) is 0 Å². The molecule has 0 rings (SSSR count). The van der Waals surface area contributed by atoms with Crippen molar-refractivity contribution >= 4 is 0 Å². The number of nitrogens with two attached hydrogens (primary N) is 1. The maximum Gasteiger partial charge on any atom is 0.151 e. The molecule has 0 amide bonds. The Balaban J connectivity index is 0. The highest BCUT2D eigenvalue weighted by atomic mass is 16.5. The Hall–Kier alpha value is -0.200. The molecule has 0 aromatic carbocycles. The first-order valence-corrected chi connectivity index (χ1v) is 7.57. The second kappa shape index (κ2) is 17.8. The van der Waals surface area contributed by atoms with Crippen LogP contribution in [-0.2, 0) is 0 Å². The summed E-state index contributed by atoms with van der Waals surface area (Å²) in [6, 6.07) is 0. The molecule has 0 saturated heterocycles. The van der Waals surface area contributed by atoms with Gasteiger partial charge in [0.15, 0.2) is 6.29 Å². The summed E-state index contributed by atoms with van der Waals surface area (Å²) in [5, 5.41) is 27.4. The molecule has 0 aliphatic carbocycles. The van der Waals surface area contributed by atoms with Crippen molar-refractivity contribution in [2.24, 2.45) is 0 Å². The Morgan fingerprint density at radius 1 is 0.684 bits per heavy atom. The SMILES string of the molecule is O.[O-][NH2+]CCCCCCCCCCCCCC(O)O. The lowest BCUT2D eigenvalue weighted by Crippen LogP contribution is -2.77. The molecule has 0 radical (unpaired) electrons. The van der Waals surface area contributed by atoms with Crippen LogP contribution in [0.1, 0.15) is 77.0 Å². The van der Waals surface area contributed by atoms with Crippen LogP contribution < -0.4 is 5.48 Å². The van der Waals surface area contributed by atoms with Gasteiger partial charge in [-0.05, 0) is 25.7 Å². The van der Waals surface area contributed by atoms with Gasteiger partial charge in [-0.25, -0.2) is 0 Å². The Bertz CT molecular complexity index is 156. The Morgan fingerprint density at radius 2 is 1.05 bits per heavy atom. The van der Waals surface area contributed by atoms with Crippen LogP contribution in [0, 0.1) is 5.21 Å². The Kier molecular flexibility index (Phi) is 19.8. The molecule has 0 aliphatic heterocycles. The highest BCUT2D eigenvalue weighted by molar-refractivity contribution is 4.49. The molecule has 118 valence electrons. The molecule has 0 atom stereocenters. The molecule has 5 heteroatoms. The zero-order valence-corrected chi connectivity index (χ0v) is 12.1. The largest absolute Gasteiger partial charge is 0.636 e. The molecule has 0 aromatic rings. The molecule has 0 heterocycles. The second-order valence-electron chi connectivity index (χ2n) is 5.11. The van der Waals surface area contributed by atoms with Gasteiger partial charge in [-0.2, -0.15) is 0 Å². The quantitative estimate of drug-likeness (QED) is 0.252. The lowest BCUT2D eigenvalue weighted by atomic mass is 10.1. The molecule has 0 spiro atoms. The van der Waals surface area contributed by atoms with Crippen LogP contribution in [0.3, 0.4) is 0 Å². The number of unbranched alkanes of at least 4 members (excludes halogenated alkanes) is 10. The third kappa shape index (κ3) is 20.3. The normalized spacial score (nSPS) is 10.7. The predicted molar refractivity (Wildman–Crippen MR) is 77.4 cm³/mol. The smallest absolute Gasteiger partial charge is 0.151 e. The number of hydrogen-bond acceptors (Lipinski definition) is 3. The van der Waals surface area contributed by atoms with Gasteiger partial charge in [0.05, 0.1) is 6.54 Å². The molecular weight excluding hydrogens is 246 g/mol. The van der Waals surface area contributed by atoms with E-state index in [1.165, 1.54) is 51.4 Å². The highest BCUT2D eigenvalue weighted by Gasteiger charge is 1.97. The average molecular weight is 279 g/mol. The molecule has 6 N–H and O–H groups in total. The zero-order valence-electron chi connectivity index (χ0n) is 12.1. The van der Waals surface area contributed by atoms with Gasteiger partial charge in [0.2, 0.25) is 0 Å². The monoisotopic (exact) mass is 279 g/mol. The van der Waals surface area contributed by atoms with E-state index >= 15 is 0 Å². The lowest BCUT2D eigenvalue weighted by molar-refractivity contribution is -0.589. The topological polar surface area (TPSA) is 112 Å². The van der Waals surface area contributed by atoms with E-state index < -0.39 is 6.29 Å². The van der Waals surface area contributed by atoms with Crippen molar-refractivity contribution in [3.63, 3.8) is 0 Å². The first kappa shape index (κ1) is 21.1. The number of hydrogen-bond donors (Lipinski definition) is 3. The summed E-state index contributed by atoms with van der Waals surface area (Å²) >= 11 is 0. The van der Waals surface area contributed by atoms with Crippen molar-refractivity contribution < 1.29 is 21.2 Å². The van der Waals surface area contributed by atoms with Crippen LogP contribution >= 0.6 is 0 Å². The fourth-order valence-electron chi connectivity index (χ4n) is 2.15. The van der Waals surface area contributed by atoms with E-state index in [9.17, 15) is 5.21 Å². The van der Waals surface area contributed by atoms with Crippen LogP contribution in [0.4, 0.5) is 0 Å². The van der Waals surface area contributed by atoms with E-state index in [0.29, 0.717) is 6.42 Å². The third-order valence-corrected chi connectivity index (χ3v) is 3.28. The van der Waals surface area contributed by atoms with E-state index in [0.717, 1.165) is 31.3 Å². The van der Waals surface area contributed by atoms with Crippen molar-refractivity contribution in [2.75, 3.05) is 6.54 Å². The molecule has 5 nitrogen and oxygen atoms in total. The minimum absolute atomic E-state index is 0. The van der Waals surface area contributed by atoms with Crippen molar-refractivity contribution in [2.45, 2.75) is 83.3 Å². The van der Waals surface area contributed by atoms with Gasteiger partial charge in [0.25, 0.3) is 0 Å². The van der Waals surface area contributed by atoms with Crippen LogP contribution in [0.15, 0.2) is 0 Å². The number of aliphatic hydroxyl groups excluding tert-OH is 1. The minimum atomic E-state index is -1.12. The summed E-state index contributed by atoms with van der Waals surface area (Å²) in [6.45, 7) is 0.725. The second-order valence-corrected chi connectivity index (χ2v) is 5.11. The van der Waals surface area contributed by atoms with E-state index in [4.69, 9.17) is 10.2 Å². The summed E-state index contributed by atoms with van der Waals surface area (Å²) in [5.74, 6) is 0. The first-order valence-electron chi connectivity index (χ1n) is 7.57. The van der Waals surface area contributed by atoms with Crippen LogP contribution in [0.25, 0.3) is 0 Å².